The van der Waals surface area contributed by atoms with E-state index in [0.29, 0.717) is 18.2 Å². The van der Waals surface area contributed by atoms with Gasteiger partial charge >= 0.3 is 0 Å². The van der Waals surface area contributed by atoms with Crippen molar-refractivity contribution in [3.63, 3.8) is 0 Å². The van der Waals surface area contributed by atoms with Gasteiger partial charge in [-0.3, -0.25) is 9.69 Å². The van der Waals surface area contributed by atoms with Gasteiger partial charge < -0.3 is 9.64 Å². The Kier molecular flexibility index (Phi) is 4.94. The lowest BCUT2D eigenvalue weighted by atomic mass is 10.0. The van der Waals surface area contributed by atoms with E-state index in [4.69, 9.17) is 4.74 Å². The van der Waals surface area contributed by atoms with Crippen LogP contribution in [0.25, 0.3) is 0 Å². The molecule has 1 amide bonds. The second kappa shape index (κ2) is 6.90. The lowest BCUT2D eigenvalue weighted by molar-refractivity contribution is -0.134. The van der Waals surface area contributed by atoms with E-state index in [9.17, 15) is 4.79 Å². The normalized spacial score (nSPS) is 29.2. The molecule has 2 saturated heterocycles. The Morgan fingerprint density at radius 2 is 1.75 bits per heavy atom. The third-order valence-corrected chi connectivity index (χ3v) is 5.20. The van der Waals surface area contributed by atoms with E-state index in [1.54, 1.807) is 0 Å². The molecule has 0 aromatic heterocycles. The van der Waals surface area contributed by atoms with Crippen LogP contribution in [0.3, 0.4) is 0 Å². The summed E-state index contributed by atoms with van der Waals surface area (Å²) in [5.74, 6) is 1.74. The van der Waals surface area contributed by atoms with Crippen molar-refractivity contribution in [2.75, 3.05) is 45.9 Å². The van der Waals surface area contributed by atoms with Crippen LogP contribution >= 0.6 is 0 Å². The fourth-order valence-electron chi connectivity index (χ4n) is 3.86. The Morgan fingerprint density at radius 1 is 1.00 bits per heavy atom. The van der Waals surface area contributed by atoms with Crippen LogP contribution in [0.2, 0.25) is 0 Å². The molecule has 0 bridgehead atoms. The summed E-state index contributed by atoms with van der Waals surface area (Å²) in [7, 11) is 0. The average Bonchev–Trinajstić information content (AvgIpc) is 3.13. The van der Waals surface area contributed by atoms with Gasteiger partial charge in [0.05, 0.1) is 0 Å². The van der Waals surface area contributed by atoms with Crippen molar-refractivity contribution in [3.8, 4) is 0 Å². The molecule has 0 aromatic carbocycles. The molecule has 0 N–H and O–H groups in total. The van der Waals surface area contributed by atoms with Crippen LogP contribution in [0.4, 0.5) is 0 Å². The van der Waals surface area contributed by atoms with E-state index in [1.165, 1.54) is 32.2 Å². The van der Waals surface area contributed by atoms with Gasteiger partial charge in [0.15, 0.2) is 0 Å². The zero-order valence-corrected chi connectivity index (χ0v) is 12.6. The molecule has 2 aliphatic heterocycles. The number of amides is 1. The molecule has 0 radical (unpaired) electrons. The highest BCUT2D eigenvalue weighted by atomic mass is 16.5. The summed E-state index contributed by atoms with van der Waals surface area (Å²) in [5.41, 5.74) is 0. The Morgan fingerprint density at radius 3 is 2.40 bits per heavy atom. The smallest absolute Gasteiger partial charge is 0.223 e. The van der Waals surface area contributed by atoms with Crippen molar-refractivity contribution in [2.45, 2.75) is 38.5 Å². The van der Waals surface area contributed by atoms with E-state index >= 15 is 0 Å². The highest BCUT2D eigenvalue weighted by molar-refractivity contribution is 5.76. The second-order valence-corrected chi connectivity index (χ2v) is 6.77. The summed E-state index contributed by atoms with van der Waals surface area (Å²) in [6.07, 6.45) is 7.44. The largest absolute Gasteiger partial charge is 0.381 e. The number of nitrogens with zero attached hydrogens (tertiary/aromatic N) is 2. The van der Waals surface area contributed by atoms with Crippen LogP contribution in [0.1, 0.15) is 38.5 Å². The van der Waals surface area contributed by atoms with Gasteiger partial charge in [-0.05, 0) is 31.1 Å². The monoisotopic (exact) mass is 280 g/mol. The first-order valence-electron chi connectivity index (χ1n) is 8.39. The van der Waals surface area contributed by atoms with Crippen LogP contribution in [0.5, 0.6) is 0 Å². The van der Waals surface area contributed by atoms with Crippen molar-refractivity contribution in [1.82, 2.24) is 9.80 Å². The molecule has 0 unspecified atom stereocenters. The van der Waals surface area contributed by atoms with Crippen LogP contribution in [-0.4, -0.2) is 61.6 Å². The molecule has 114 valence electrons. The maximum absolute atomic E-state index is 12.3. The van der Waals surface area contributed by atoms with Gasteiger partial charge in [-0.2, -0.15) is 0 Å². The molecule has 0 aromatic rings. The molecule has 3 aliphatic rings. The van der Waals surface area contributed by atoms with Crippen LogP contribution in [0, 0.1) is 11.8 Å². The molecular weight excluding hydrogens is 252 g/mol. The first kappa shape index (κ1) is 14.3. The summed E-state index contributed by atoms with van der Waals surface area (Å²) < 4.78 is 5.36. The zero-order chi connectivity index (χ0) is 13.8. The minimum atomic E-state index is 0.348. The minimum Gasteiger partial charge on any atom is -0.381 e. The topological polar surface area (TPSA) is 32.8 Å². The number of piperazine rings is 1. The van der Waals surface area contributed by atoms with E-state index in [-0.39, 0.29) is 0 Å². The molecule has 1 aliphatic carbocycles. The van der Waals surface area contributed by atoms with E-state index < -0.39 is 0 Å². The molecule has 4 nitrogen and oxygen atoms in total. The summed E-state index contributed by atoms with van der Waals surface area (Å²) in [6, 6.07) is 0. The Balaban J connectivity index is 1.37. The van der Waals surface area contributed by atoms with Crippen LogP contribution in [0.15, 0.2) is 0 Å². The molecule has 1 atom stereocenters. The number of carbonyl (C=O) groups excluding carboxylic acids is 1. The van der Waals surface area contributed by atoms with Gasteiger partial charge in [-0.25, -0.2) is 0 Å². The minimum absolute atomic E-state index is 0.348. The van der Waals surface area contributed by atoms with E-state index in [0.717, 1.165) is 51.7 Å². The Labute approximate surface area is 122 Å². The van der Waals surface area contributed by atoms with E-state index in [2.05, 4.69) is 9.80 Å². The van der Waals surface area contributed by atoms with Gasteiger partial charge in [-0.15, -0.1) is 0 Å². The number of hydrogen-bond donors (Lipinski definition) is 0. The summed E-state index contributed by atoms with van der Waals surface area (Å²) in [6.45, 7) is 6.89. The first-order chi connectivity index (χ1) is 9.81. The fraction of sp³-hybridized carbons (Fsp3) is 0.938. The Hall–Kier alpha value is -0.610. The average molecular weight is 280 g/mol. The van der Waals surface area contributed by atoms with Gasteiger partial charge in [0.1, 0.15) is 0 Å². The molecule has 4 heteroatoms. The van der Waals surface area contributed by atoms with Crippen LogP contribution < -0.4 is 0 Å². The lowest BCUT2D eigenvalue weighted by Crippen LogP contribution is -2.49. The fourth-order valence-corrected chi connectivity index (χ4v) is 3.86. The summed E-state index contributed by atoms with van der Waals surface area (Å²) in [4.78, 5) is 16.9. The maximum Gasteiger partial charge on any atom is 0.223 e. The van der Waals surface area contributed by atoms with Crippen LogP contribution in [-0.2, 0) is 9.53 Å². The molecule has 3 rings (SSSR count). The Bertz CT molecular complexity index is 314. The summed E-state index contributed by atoms with van der Waals surface area (Å²) >= 11 is 0. The number of carbonyl (C=O) groups is 1. The highest BCUT2D eigenvalue weighted by Gasteiger charge is 2.26. The van der Waals surface area contributed by atoms with Gasteiger partial charge in [-0.1, -0.05) is 12.8 Å². The molecule has 0 spiro atoms. The second-order valence-electron chi connectivity index (χ2n) is 6.77. The maximum atomic E-state index is 12.3. The predicted molar refractivity (Wildman–Crippen MR) is 78.5 cm³/mol. The first-order valence-corrected chi connectivity index (χ1v) is 8.39. The third kappa shape index (κ3) is 3.73. The molecule has 1 saturated carbocycles. The van der Waals surface area contributed by atoms with Crippen molar-refractivity contribution < 1.29 is 9.53 Å². The molecular formula is C16H28N2O2. The molecule has 3 fully saturated rings. The highest BCUT2D eigenvalue weighted by Crippen LogP contribution is 2.26. The lowest BCUT2D eigenvalue weighted by Gasteiger charge is -2.36. The number of rotatable bonds is 4. The third-order valence-electron chi connectivity index (χ3n) is 5.20. The molecule has 20 heavy (non-hydrogen) atoms. The van der Waals surface area contributed by atoms with Gasteiger partial charge in [0.25, 0.3) is 0 Å². The van der Waals surface area contributed by atoms with Gasteiger partial charge in [0.2, 0.25) is 5.91 Å². The van der Waals surface area contributed by atoms with Crippen molar-refractivity contribution in [3.05, 3.63) is 0 Å². The quantitative estimate of drug-likeness (QED) is 0.786. The molecule has 2 heterocycles. The van der Waals surface area contributed by atoms with E-state index in [1.807, 2.05) is 0 Å². The summed E-state index contributed by atoms with van der Waals surface area (Å²) in [5, 5.41) is 0. The SMILES string of the molecule is O=C(C[C@H]1CCOC1)N1CCN(CC2CCCC2)CC1. The van der Waals surface area contributed by atoms with Gasteiger partial charge in [0, 0.05) is 52.4 Å². The predicted octanol–water partition coefficient (Wildman–Crippen LogP) is 1.75. The van der Waals surface area contributed by atoms with Crippen molar-refractivity contribution in [1.29, 1.82) is 0 Å². The standard InChI is InChI=1S/C16H28N2O2/c19-16(11-15-5-10-20-13-15)18-8-6-17(7-9-18)12-14-3-1-2-4-14/h14-15H,1-13H2/t15-/m1/s1. The zero-order valence-electron chi connectivity index (χ0n) is 12.6. The number of ether oxygens (including phenoxy) is 1. The van der Waals surface area contributed by atoms with Crippen molar-refractivity contribution >= 4 is 5.91 Å². The van der Waals surface area contributed by atoms with Crippen molar-refractivity contribution in [2.24, 2.45) is 11.8 Å². The number of hydrogen-bond acceptors (Lipinski definition) is 3.